The molecule has 4 heterocycles. The number of benzene rings is 1. The summed E-state index contributed by atoms with van der Waals surface area (Å²) in [5, 5.41) is 11.0. The minimum atomic E-state index is -0.0386. The largest absolute Gasteiger partial charge is 0.494 e. The highest BCUT2D eigenvalue weighted by Gasteiger charge is 2.18. The summed E-state index contributed by atoms with van der Waals surface area (Å²) in [4.78, 5) is 30.4. The fourth-order valence-corrected chi connectivity index (χ4v) is 4.03. The number of carbonyl (C=O) groups is 1. The Morgan fingerprint density at radius 3 is 2.53 bits per heavy atom. The zero-order valence-corrected chi connectivity index (χ0v) is 21.5. The van der Waals surface area contributed by atoms with Gasteiger partial charge in [0.05, 0.1) is 41.6 Å². The topological polar surface area (TPSA) is 125 Å². The van der Waals surface area contributed by atoms with Crippen LogP contribution in [-0.4, -0.2) is 47.2 Å². The number of Topliss-reactive ketones (excluding diaryl/α,β-unsaturated/α-hetero) is 1. The van der Waals surface area contributed by atoms with Crippen LogP contribution in [-0.2, 0) is 14.1 Å². The van der Waals surface area contributed by atoms with Crippen molar-refractivity contribution in [2.45, 2.75) is 13.3 Å². The van der Waals surface area contributed by atoms with Gasteiger partial charge < -0.3 is 19.9 Å². The second kappa shape index (κ2) is 10.5. The molecule has 1 aromatic carbocycles. The van der Waals surface area contributed by atoms with E-state index in [0.29, 0.717) is 46.6 Å². The molecule has 4 aromatic heterocycles. The fraction of sp³-hybridized carbons (Fsp3) is 0.185. The van der Waals surface area contributed by atoms with Crippen molar-refractivity contribution in [2.24, 2.45) is 14.1 Å². The van der Waals surface area contributed by atoms with Crippen LogP contribution < -0.4 is 15.4 Å². The van der Waals surface area contributed by atoms with Crippen molar-refractivity contribution >= 4 is 28.8 Å². The van der Waals surface area contributed by atoms with E-state index in [2.05, 4.69) is 35.7 Å². The predicted molar refractivity (Wildman–Crippen MR) is 145 cm³/mol. The van der Waals surface area contributed by atoms with Crippen LogP contribution in [0.3, 0.4) is 0 Å². The molecule has 0 atom stereocenters. The van der Waals surface area contributed by atoms with Gasteiger partial charge in [0.1, 0.15) is 18.0 Å². The summed E-state index contributed by atoms with van der Waals surface area (Å²) >= 11 is 0. The number of hydrogen-bond acceptors (Lipinski definition) is 9. The maximum Gasteiger partial charge on any atom is 0.184 e. The molecule has 0 saturated carbocycles. The first kappa shape index (κ1) is 24.6. The third kappa shape index (κ3) is 5.07. The standard InChI is InChI=1S/C27H27N9O2/c1-5-23(37)19-13-29-25(33-24-11-17(9-10-28-24)22-14-35(2)15-30-22)12-21(19)32-20-8-6-7-18(26(20)38-4)27-31-16-36(3)34-27/h6-16H,5H2,1-4H3,(H2,28,29,32,33). The van der Waals surface area contributed by atoms with E-state index < -0.39 is 0 Å². The number of hydrogen-bond donors (Lipinski definition) is 2. The molecule has 5 aromatic rings. The van der Waals surface area contributed by atoms with Gasteiger partial charge in [0, 0.05) is 50.7 Å². The number of pyridine rings is 2. The van der Waals surface area contributed by atoms with Crippen molar-refractivity contribution in [2.75, 3.05) is 17.7 Å². The quantitative estimate of drug-likeness (QED) is 0.271. The van der Waals surface area contributed by atoms with E-state index in [4.69, 9.17) is 4.74 Å². The molecule has 0 saturated heterocycles. The third-order valence-electron chi connectivity index (χ3n) is 5.87. The molecule has 0 radical (unpaired) electrons. The fourth-order valence-electron chi connectivity index (χ4n) is 4.03. The summed E-state index contributed by atoms with van der Waals surface area (Å²) < 4.78 is 9.25. The Labute approximate surface area is 219 Å². The van der Waals surface area contributed by atoms with Gasteiger partial charge in [0.25, 0.3) is 0 Å². The number of methoxy groups -OCH3 is 1. The molecule has 0 spiro atoms. The molecular formula is C27H27N9O2. The monoisotopic (exact) mass is 509 g/mol. The average Bonchev–Trinajstić information content (AvgIpc) is 3.56. The Kier molecular flexibility index (Phi) is 6.81. The molecule has 0 unspecified atom stereocenters. The highest BCUT2D eigenvalue weighted by Crippen LogP contribution is 2.37. The smallest absolute Gasteiger partial charge is 0.184 e. The van der Waals surface area contributed by atoms with Crippen LogP contribution in [0.5, 0.6) is 5.75 Å². The number of ketones is 1. The van der Waals surface area contributed by atoms with Crippen LogP contribution in [0.4, 0.5) is 23.0 Å². The SMILES string of the molecule is CCC(=O)c1cnc(Nc2cc(-c3cn(C)cn3)ccn2)cc1Nc1cccc(-c2ncn(C)n2)c1OC. The van der Waals surface area contributed by atoms with Crippen LogP contribution in [0.2, 0.25) is 0 Å². The van der Waals surface area contributed by atoms with Gasteiger partial charge in [-0.25, -0.2) is 19.9 Å². The molecule has 192 valence electrons. The number of rotatable bonds is 9. The number of aryl methyl sites for hydroxylation is 2. The number of aromatic nitrogens is 7. The van der Waals surface area contributed by atoms with Crippen molar-refractivity contribution in [1.82, 2.24) is 34.3 Å². The molecule has 0 aliphatic rings. The first-order valence-electron chi connectivity index (χ1n) is 12.0. The normalized spacial score (nSPS) is 10.8. The lowest BCUT2D eigenvalue weighted by Gasteiger charge is -2.17. The minimum Gasteiger partial charge on any atom is -0.494 e. The summed E-state index contributed by atoms with van der Waals surface area (Å²) in [5.74, 6) is 2.18. The minimum absolute atomic E-state index is 0.0386. The number of nitrogens with one attached hydrogen (secondary N) is 2. The van der Waals surface area contributed by atoms with Crippen LogP contribution >= 0.6 is 0 Å². The second-order valence-electron chi connectivity index (χ2n) is 8.62. The van der Waals surface area contributed by atoms with Crippen LogP contribution in [0.25, 0.3) is 22.6 Å². The number of imidazole rings is 1. The van der Waals surface area contributed by atoms with Crippen LogP contribution in [0, 0.1) is 0 Å². The van der Waals surface area contributed by atoms with Gasteiger partial charge in [0.2, 0.25) is 0 Å². The zero-order chi connectivity index (χ0) is 26.6. The number of para-hydroxylation sites is 1. The van der Waals surface area contributed by atoms with Gasteiger partial charge in [-0.1, -0.05) is 13.0 Å². The predicted octanol–water partition coefficient (Wildman–Crippen LogP) is 4.76. The molecule has 0 fully saturated rings. The van der Waals surface area contributed by atoms with Crippen molar-refractivity contribution in [1.29, 1.82) is 0 Å². The molecule has 0 aliphatic carbocycles. The molecule has 11 nitrogen and oxygen atoms in total. The highest BCUT2D eigenvalue weighted by molar-refractivity contribution is 6.02. The molecule has 38 heavy (non-hydrogen) atoms. The van der Waals surface area contributed by atoms with E-state index in [0.717, 1.165) is 16.8 Å². The molecule has 5 rings (SSSR count). The second-order valence-corrected chi connectivity index (χ2v) is 8.62. The molecule has 11 heteroatoms. The van der Waals surface area contributed by atoms with E-state index in [-0.39, 0.29) is 5.78 Å². The maximum absolute atomic E-state index is 12.8. The lowest BCUT2D eigenvalue weighted by molar-refractivity contribution is 0.0988. The zero-order valence-electron chi connectivity index (χ0n) is 21.5. The van der Waals surface area contributed by atoms with E-state index in [1.807, 2.05) is 55.1 Å². The van der Waals surface area contributed by atoms with E-state index >= 15 is 0 Å². The molecule has 0 bridgehead atoms. The summed E-state index contributed by atoms with van der Waals surface area (Å²) in [6, 6.07) is 11.2. The highest BCUT2D eigenvalue weighted by atomic mass is 16.5. The number of ether oxygens (including phenoxy) is 1. The van der Waals surface area contributed by atoms with Gasteiger partial charge in [0.15, 0.2) is 17.4 Å². The summed E-state index contributed by atoms with van der Waals surface area (Å²) in [5.41, 5.74) is 4.20. The molecular weight excluding hydrogens is 482 g/mol. The van der Waals surface area contributed by atoms with Gasteiger partial charge in [-0.2, -0.15) is 5.10 Å². The van der Waals surface area contributed by atoms with Gasteiger partial charge in [-0.05, 0) is 24.3 Å². The van der Waals surface area contributed by atoms with Gasteiger partial charge in [-0.3, -0.25) is 9.48 Å². The Morgan fingerprint density at radius 1 is 0.974 bits per heavy atom. The van der Waals surface area contributed by atoms with Crippen molar-refractivity contribution in [3.05, 3.63) is 73.2 Å². The van der Waals surface area contributed by atoms with Crippen LogP contribution in [0.1, 0.15) is 23.7 Å². The third-order valence-corrected chi connectivity index (χ3v) is 5.87. The number of carbonyl (C=O) groups excluding carboxylic acids is 1. The van der Waals surface area contributed by atoms with Crippen molar-refractivity contribution < 1.29 is 9.53 Å². The summed E-state index contributed by atoms with van der Waals surface area (Å²) in [7, 11) is 5.32. The van der Waals surface area contributed by atoms with E-state index in [9.17, 15) is 4.79 Å². The van der Waals surface area contributed by atoms with Crippen molar-refractivity contribution in [3.8, 4) is 28.4 Å². The van der Waals surface area contributed by atoms with E-state index in [1.54, 1.807) is 50.0 Å². The van der Waals surface area contributed by atoms with E-state index in [1.165, 1.54) is 0 Å². The number of anilines is 4. The van der Waals surface area contributed by atoms with Gasteiger partial charge >= 0.3 is 0 Å². The van der Waals surface area contributed by atoms with Crippen LogP contribution in [0.15, 0.2) is 67.6 Å². The first-order valence-corrected chi connectivity index (χ1v) is 12.0. The van der Waals surface area contributed by atoms with Crippen molar-refractivity contribution in [3.63, 3.8) is 0 Å². The Morgan fingerprint density at radius 2 is 1.82 bits per heavy atom. The Balaban J connectivity index is 1.49. The molecule has 0 amide bonds. The lowest BCUT2D eigenvalue weighted by atomic mass is 10.1. The number of nitrogens with zero attached hydrogens (tertiary/aromatic N) is 7. The maximum atomic E-state index is 12.8. The molecule has 0 aliphatic heterocycles. The molecule has 2 N–H and O–H groups in total. The van der Waals surface area contributed by atoms with Gasteiger partial charge in [-0.15, -0.1) is 0 Å². The summed E-state index contributed by atoms with van der Waals surface area (Å²) in [6.45, 7) is 1.82. The average molecular weight is 510 g/mol. The Bertz CT molecular complexity index is 1610. The first-order chi connectivity index (χ1) is 18.4. The lowest BCUT2D eigenvalue weighted by Crippen LogP contribution is -2.07. The Hall–Kier alpha value is -5.06. The summed E-state index contributed by atoms with van der Waals surface area (Å²) in [6.07, 6.45) is 8.93.